The Bertz CT molecular complexity index is 5150. The fourth-order valence-corrected chi connectivity index (χ4v) is 15.2. The summed E-state index contributed by atoms with van der Waals surface area (Å²) < 4.78 is 35.1. The molecule has 0 amide bonds. The van der Waals surface area contributed by atoms with E-state index in [0.29, 0.717) is 18.0 Å². The fraction of sp³-hybridized carbons (Fsp3) is 0.174. The summed E-state index contributed by atoms with van der Waals surface area (Å²) in [7, 11) is 0. The second-order valence-electron chi connectivity index (χ2n) is 28.1. The summed E-state index contributed by atoms with van der Waals surface area (Å²) in [5.74, 6) is 2.21. The number of rotatable bonds is 8. The van der Waals surface area contributed by atoms with E-state index in [1.54, 1.807) is 12.1 Å². The van der Waals surface area contributed by atoms with Gasteiger partial charge in [-0.15, -0.1) is 0 Å². The number of hydrogen-bond acceptors (Lipinski definition) is 4. The Kier molecular flexibility index (Phi) is 12.0. The Morgan fingerprint density at radius 1 is 0.451 bits per heavy atom. The lowest BCUT2D eigenvalue weighted by Gasteiger charge is -2.32. The molecule has 3 heterocycles. The van der Waals surface area contributed by atoms with Gasteiger partial charge in [0.2, 0.25) is 0 Å². The molecule has 13 aromatic rings. The van der Waals surface area contributed by atoms with Gasteiger partial charge in [0, 0.05) is 66.7 Å². The summed E-state index contributed by atoms with van der Waals surface area (Å²) in [6.07, 6.45) is 1.94. The fourth-order valence-electron chi connectivity index (χ4n) is 15.2. The average Bonchev–Trinajstić information content (AvgIpc) is 1.49. The maximum Gasteiger partial charge on any atom is 0.137 e. The van der Waals surface area contributed by atoms with Gasteiger partial charge in [-0.25, -0.2) is 4.98 Å². The molecular weight excluding hydrogens is 1100 g/mol. The second-order valence-corrected chi connectivity index (χ2v) is 28.1. The van der Waals surface area contributed by atoms with E-state index in [4.69, 9.17) is 13.8 Å². The molecule has 0 atom stereocenters. The Balaban J connectivity index is 0.904. The lowest BCUT2D eigenvalue weighted by molar-refractivity contribution is 0.472. The molecule has 16 rings (SSSR count). The highest BCUT2D eigenvalue weighted by molar-refractivity contribution is 6.20. The summed E-state index contributed by atoms with van der Waals surface area (Å²) in [6.45, 7) is 18.8. The third-order valence-corrected chi connectivity index (χ3v) is 19.4. The molecule has 11 aromatic carbocycles. The van der Waals surface area contributed by atoms with Crippen LogP contribution >= 0.6 is 0 Å². The van der Waals surface area contributed by atoms with Crippen LogP contribution in [0.4, 0.5) is 22.7 Å². The van der Waals surface area contributed by atoms with Crippen molar-refractivity contribution < 1.29 is 8.85 Å². The molecule has 0 fully saturated rings. The van der Waals surface area contributed by atoms with E-state index in [0.717, 1.165) is 95.1 Å². The highest BCUT2D eigenvalue weighted by atomic mass is 16.5. The molecule has 5 heteroatoms. The van der Waals surface area contributed by atoms with Crippen molar-refractivity contribution in [1.82, 2.24) is 9.55 Å². The van der Waals surface area contributed by atoms with E-state index < -0.39 is 12.3 Å². The number of fused-ring (bicyclic) bond motifs is 15. The van der Waals surface area contributed by atoms with E-state index in [2.05, 4.69) is 301 Å². The van der Waals surface area contributed by atoms with Crippen LogP contribution < -0.4 is 14.5 Å². The number of para-hydroxylation sites is 4. The quantitative estimate of drug-likeness (QED) is 0.152. The van der Waals surface area contributed by atoms with Crippen molar-refractivity contribution in [3.8, 4) is 73.0 Å². The molecule has 2 aliphatic carbocycles. The molecule has 0 bridgehead atoms. The van der Waals surface area contributed by atoms with Crippen LogP contribution in [0.2, 0.25) is 0 Å². The van der Waals surface area contributed by atoms with E-state index in [1.165, 1.54) is 55.6 Å². The number of aryl methyl sites for hydroxylation is 1. The average molecular weight is 1180 g/mol. The lowest BCUT2D eigenvalue weighted by Crippen LogP contribution is -2.26. The van der Waals surface area contributed by atoms with Gasteiger partial charge >= 0.3 is 0 Å². The molecule has 444 valence electrons. The van der Waals surface area contributed by atoms with Crippen LogP contribution in [0.3, 0.4) is 0 Å². The normalized spacial score (nSPS) is 14.5. The van der Waals surface area contributed by atoms with Gasteiger partial charge in [0.15, 0.2) is 0 Å². The van der Waals surface area contributed by atoms with Crippen molar-refractivity contribution in [2.24, 2.45) is 0 Å². The number of anilines is 4. The molecule has 0 radical (unpaired) electrons. The largest absolute Gasteiger partial charge is 0.457 e. The molecule has 91 heavy (non-hydrogen) atoms. The predicted octanol–water partition coefficient (Wildman–Crippen LogP) is 22.8. The van der Waals surface area contributed by atoms with Gasteiger partial charge in [-0.3, -0.25) is 4.57 Å². The first-order valence-electron chi connectivity index (χ1n) is 33.4. The zero-order chi connectivity index (χ0) is 64.8. The third-order valence-electron chi connectivity index (χ3n) is 19.4. The van der Waals surface area contributed by atoms with Gasteiger partial charge < -0.3 is 14.5 Å². The highest BCUT2D eigenvalue weighted by Crippen LogP contribution is 2.67. The first-order valence-corrected chi connectivity index (χ1v) is 31.9. The van der Waals surface area contributed by atoms with Gasteiger partial charge in [0.25, 0.3) is 0 Å². The van der Waals surface area contributed by atoms with E-state index in [9.17, 15) is 0 Å². The summed E-state index contributed by atoms with van der Waals surface area (Å²) in [6, 6.07) is 89.9. The van der Waals surface area contributed by atoms with Crippen molar-refractivity contribution in [1.29, 1.82) is 0 Å². The first kappa shape index (κ1) is 52.7. The zero-order valence-corrected chi connectivity index (χ0v) is 53.2. The zero-order valence-electron chi connectivity index (χ0n) is 56.2. The van der Waals surface area contributed by atoms with Crippen LogP contribution in [0.25, 0.3) is 83.3 Å². The number of aromatic nitrogens is 2. The molecule has 1 aliphatic heterocycles. The minimum absolute atomic E-state index is 0.0709. The van der Waals surface area contributed by atoms with Crippen LogP contribution in [0.1, 0.15) is 111 Å². The molecule has 1 spiro atoms. The number of hydrogen-bond donors (Lipinski definition) is 0. The van der Waals surface area contributed by atoms with Gasteiger partial charge in [-0.05, 0) is 126 Å². The van der Waals surface area contributed by atoms with Gasteiger partial charge in [-0.2, -0.15) is 0 Å². The van der Waals surface area contributed by atoms with Crippen LogP contribution in [-0.2, 0) is 21.7 Å². The number of pyridine rings is 1. The van der Waals surface area contributed by atoms with E-state index in [1.807, 2.05) is 18.3 Å². The smallest absolute Gasteiger partial charge is 0.137 e. The van der Waals surface area contributed by atoms with Crippen LogP contribution in [0, 0.1) is 6.85 Å². The lowest BCUT2D eigenvalue weighted by atomic mass is 9.70. The molecule has 0 unspecified atom stereocenters. The summed E-state index contributed by atoms with van der Waals surface area (Å²) in [5.41, 5.74) is 25.0. The Hall–Kier alpha value is -10.2. The van der Waals surface area contributed by atoms with Gasteiger partial charge in [0.05, 0.1) is 33.5 Å². The standard InChI is InChI=1S/C86H74N4O/c1-54-27-24-30-56(45-54)68-52-87-78(50-72(68)85(8,9)10)90-73-42-21-17-36-67(73)79-76(90)51-77(81-80(79)66-35-16-20-41-71(66)86(81)69-39-18-14-33-64(69)65-34-15-19-40-70(65)86)91-61-32-25-31-60(49-61)88-53-89(75-44-23-22-43-74(75)88)82-62(55-28-12-11-13-29-55)37-26-38-63(82)57-46-58(83(2,3)4)48-59(47-57)84(5,6)7/h11-52H,53H2,1-10H3/i1D3. The molecular formula is C86H74N4O. The van der Waals surface area contributed by atoms with Crippen molar-refractivity contribution in [3.05, 3.63) is 299 Å². The maximum atomic E-state index is 8.31. The van der Waals surface area contributed by atoms with Crippen molar-refractivity contribution >= 4 is 44.6 Å². The first-order chi connectivity index (χ1) is 45.2. The molecule has 0 saturated carbocycles. The predicted molar refractivity (Wildman–Crippen MR) is 381 cm³/mol. The monoisotopic (exact) mass is 1180 g/mol. The molecule has 2 aromatic heterocycles. The third kappa shape index (κ3) is 8.83. The Morgan fingerprint density at radius 2 is 1.02 bits per heavy atom. The van der Waals surface area contributed by atoms with Crippen molar-refractivity contribution in [2.45, 2.75) is 90.8 Å². The van der Waals surface area contributed by atoms with Crippen molar-refractivity contribution in [3.63, 3.8) is 0 Å². The molecule has 0 saturated heterocycles. The molecule has 3 aliphatic rings. The SMILES string of the molecule is [2H]C([2H])([2H])c1cccc(-c2cnc(-n3c4ccccc4c4c5c(c(Oc6cccc(N7CN(c8c(-c9ccccc9)cccc8-c8cc(C(C)(C)C)cc(C(C)(C)C)c8)c8ccccc87)c6)cc43)C3(c4ccccc4-c4ccccc43)c3ccccc3-5)cc2C(C)(C)C)c1. The second kappa shape index (κ2) is 20.7. The number of nitrogens with zero attached hydrogens (tertiary/aromatic N) is 4. The minimum Gasteiger partial charge on any atom is -0.457 e. The van der Waals surface area contributed by atoms with E-state index >= 15 is 0 Å². The number of ether oxygens (including phenoxy) is 1. The summed E-state index contributed by atoms with van der Waals surface area (Å²) in [5, 5.41) is 2.23. The summed E-state index contributed by atoms with van der Waals surface area (Å²) >= 11 is 0. The van der Waals surface area contributed by atoms with Gasteiger partial charge in [-0.1, -0.05) is 268 Å². The van der Waals surface area contributed by atoms with Gasteiger partial charge in [0.1, 0.15) is 24.0 Å². The Labute approximate surface area is 539 Å². The van der Waals surface area contributed by atoms with E-state index in [-0.39, 0.29) is 16.2 Å². The minimum atomic E-state index is -2.26. The topological polar surface area (TPSA) is 33.5 Å². The molecule has 0 N–H and O–H groups in total. The number of benzene rings is 11. The molecule has 5 nitrogen and oxygen atoms in total. The summed E-state index contributed by atoms with van der Waals surface area (Å²) in [4.78, 5) is 10.4. The van der Waals surface area contributed by atoms with Crippen LogP contribution in [0.15, 0.2) is 255 Å². The van der Waals surface area contributed by atoms with Crippen LogP contribution in [0.5, 0.6) is 11.5 Å². The Morgan fingerprint density at radius 3 is 1.70 bits per heavy atom. The highest BCUT2D eigenvalue weighted by Gasteiger charge is 2.54. The maximum absolute atomic E-state index is 8.31. The van der Waals surface area contributed by atoms with Crippen molar-refractivity contribution in [2.75, 3.05) is 16.5 Å². The van der Waals surface area contributed by atoms with Crippen LogP contribution in [-0.4, -0.2) is 16.2 Å².